The molecule has 1 saturated heterocycles. The van der Waals surface area contributed by atoms with E-state index in [-0.39, 0.29) is 5.41 Å². The molecule has 0 spiro atoms. The van der Waals surface area contributed by atoms with Crippen LogP contribution in [0.5, 0.6) is 0 Å². The summed E-state index contributed by atoms with van der Waals surface area (Å²) in [5.74, 6) is 7.87. The van der Waals surface area contributed by atoms with Crippen LogP contribution in [0, 0.1) is 52.8 Å². The van der Waals surface area contributed by atoms with E-state index >= 15 is 0 Å². The molecule has 1 amide bonds. The molecule has 7 fully saturated rings. The molecule has 0 atom stereocenters. The van der Waals surface area contributed by atoms with Crippen molar-refractivity contribution in [2.45, 2.75) is 39.2 Å². The third-order valence-electron chi connectivity index (χ3n) is 9.27. The Labute approximate surface area is 148 Å². The summed E-state index contributed by atoms with van der Waals surface area (Å²) in [6.07, 6.45) is 7.52. The van der Waals surface area contributed by atoms with Crippen LogP contribution in [0.4, 0.5) is 0 Å². The van der Waals surface area contributed by atoms with Gasteiger partial charge in [-0.1, -0.05) is 13.8 Å². The molecule has 1 aliphatic heterocycles. The summed E-state index contributed by atoms with van der Waals surface area (Å²) in [4.78, 5) is 15.5. The number of likely N-dealkylation sites (tertiary alicyclic amines) is 1. The van der Waals surface area contributed by atoms with E-state index in [2.05, 4.69) is 34.7 Å². The average Bonchev–Trinajstić information content (AvgIpc) is 3.09. The molecular weight excluding hydrogens is 310 g/mol. The van der Waals surface area contributed by atoms with Crippen LogP contribution in [0.1, 0.15) is 38.3 Å². The largest absolute Gasteiger partial charge is 0.342 e. The van der Waals surface area contributed by atoms with E-state index in [0.29, 0.717) is 17.9 Å². The maximum Gasteiger partial charge on any atom is 0.229 e. The molecule has 25 heavy (non-hydrogen) atoms. The van der Waals surface area contributed by atoms with Crippen molar-refractivity contribution in [2.75, 3.05) is 13.1 Å². The van der Waals surface area contributed by atoms with Crippen molar-refractivity contribution >= 4 is 5.91 Å². The Morgan fingerprint density at radius 3 is 2.40 bits per heavy atom. The van der Waals surface area contributed by atoms with Crippen LogP contribution in [-0.4, -0.2) is 33.7 Å². The fourth-order valence-electron chi connectivity index (χ4n) is 8.62. The van der Waals surface area contributed by atoms with Crippen molar-refractivity contribution in [1.29, 1.82) is 0 Å². The highest BCUT2D eigenvalue weighted by Gasteiger charge is 3.06. The quantitative estimate of drug-likeness (QED) is 0.847. The van der Waals surface area contributed by atoms with Gasteiger partial charge in [-0.25, -0.2) is 0 Å². The zero-order valence-corrected chi connectivity index (χ0v) is 15.1. The predicted molar refractivity (Wildman–Crippen MR) is 92.5 cm³/mol. The molecule has 6 aliphatic carbocycles. The Bertz CT molecular complexity index is 736. The fraction of sp³-hybridized carbons (Fsp3) is 0.810. The molecule has 7 aliphatic rings. The van der Waals surface area contributed by atoms with Crippen molar-refractivity contribution in [3.8, 4) is 0 Å². The lowest BCUT2D eigenvalue weighted by atomic mass is 8.96. The molecule has 4 nitrogen and oxygen atoms in total. The number of piperidine rings is 1. The maximum absolute atomic E-state index is 13.3. The molecule has 0 radical (unpaired) electrons. The van der Waals surface area contributed by atoms with Gasteiger partial charge < -0.3 is 4.90 Å². The third-order valence-corrected chi connectivity index (χ3v) is 9.27. The monoisotopic (exact) mass is 337 g/mol. The van der Waals surface area contributed by atoms with Gasteiger partial charge in [-0.05, 0) is 72.2 Å². The number of hydrogen-bond acceptors (Lipinski definition) is 2. The summed E-state index contributed by atoms with van der Waals surface area (Å²) in [6.45, 7) is 6.40. The summed E-state index contributed by atoms with van der Waals surface area (Å²) in [7, 11) is 0. The van der Waals surface area contributed by atoms with Crippen LogP contribution in [-0.2, 0) is 11.2 Å². The standard InChI is InChI=1S/C21H27N3O/c1-10(2)7-11-8-22-24(9-11)12-3-5-23(6-4-12)20(25)21-17-14-13-15(17)19(21)16(13)18(14)21/h8-10,12-19H,3-7H2,1-2H3. The van der Waals surface area contributed by atoms with Crippen LogP contribution < -0.4 is 0 Å². The van der Waals surface area contributed by atoms with Gasteiger partial charge in [0.05, 0.1) is 17.7 Å². The molecule has 8 rings (SSSR count). The van der Waals surface area contributed by atoms with Crippen molar-refractivity contribution in [1.82, 2.24) is 14.7 Å². The second-order valence-corrected chi connectivity index (χ2v) is 10.3. The van der Waals surface area contributed by atoms with E-state index < -0.39 is 0 Å². The lowest BCUT2D eigenvalue weighted by Crippen LogP contribution is -3.07. The zero-order valence-electron chi connectivity index (χ0n) is 15.1. The average molecular weight is 337 g/mol. The fourth-order valence-corrected chi connectivity index (χ4v) is 8.62. The second-order valence-electron chi connectivity index (χ2n) is 10.3. The molecule has 132 valence electrons. The number of carbonyl (C=O) groups excluding carboxylic acids is 1. The van der Waals surface area contributed by atoms with Crippen molar-refractivity contribution < 1.29 is 4.79 Å². The minimum Gasteiger partial charge on any atom is -0.342 e. The second kappa shape index (κ2) is 3.99. The predicted octanol–water partition coefficient (Wildman–Crippen LogP) is 2.61. The Morgan fingerprint density at radius 1 is 1.16 bits per heavy atom. The van der Waals surface area contributed by atoms with E-state index in [0.717, 1.165) is 73.8 Å². The first-order chi connectivity index (χ1) is 12.1. The molecule has 6 saturated carbocycles. The third kappa shape index (κ3) is 1.21. The van der Waals surface area contributed by atoms with Gasteiger partial charge in [0.1, 0.15) is 0 Å². The topological polar surface area (TPSA) is 38.1 Å². The Morgan fingerprint density at radius 2 is 1.80 bits per heavy atom. The summed E-state index contributed by atoms with van der Waals surface area (Å²) in [6, 6.07) is 0.481. The Hall–Kier alpha value is -1.32. The van der Waals surface area contributed by atoms with Gasteiger partial charge in [-0.2, -0.15) is 5.10 Å². The van der Waals surface area contributed by atoms with E-state index in [9.17, 15) is 4.79 Å². The van der Waals surface area contributed by atoms with Gasteiger partial charge in [0, 0.05) is 19.3 Å². The molecule has 0 unspecified atom stereocenters. The summed E-state index contributed by atoms with van der Waals surface area (Å²) in [5, 5.41) is 4.61. The van der Waals surface area contributed by atoms with Gasteiger partial charge in [0.2, 0.25) is 5.91 Å². The number of nitrogens with zero attached hydrogens (tertiary/aromatic N) is 3. The first-order valence-electron chi connectivity index (χ1n) is 10.5. The van der Waals surface area contributed by atoms with E-state index in [4.69, 9.17) is 0 Å². The molecule has 1 aromatic heterocycles. The SMILES string of the molecule is CC(C)Cc1cnn(C2CCN(C(=O)C34C5C6C7C5C3C7C64)CC2)c1. The van der Waals surface area contributed by atoms with Gasteiger partial charge in [-0.15, -0.1) is 0 Å². The van der Waals surface area contributed by atoms with Crippen LogP contribution >= 0.6 is 0 Å². The molecule has 0 bridgehead atoms. The minimum atomic E-state index is 0.192. The smallest absolute Gasteiger partial charge is 0.229 e. The molecule has 0 aromatic carbocycles. The van der Waals surface area contributed by atoms with Crippen molar-refractivity contribution in [3.63, 3.8) is 0 Å². The Balaban J connectivity index is 1.02. The van der Waals surface area contributed by atoms with Crippen LogP contribution in [0.15, 0.2) is 12.4 Å². The van der Waals surface area contributed by atoms with Crippen LogP contribution in [0.3, 0.4) is 0 Å². The maximum atomic E-state index is 13.3. The summed E-state index contributed by atoms with van der Waals surface area (Å²) < 4.78 is 2.17. The Kier molecular flexibility index (Phi) is 2.21. The van der Waals surface area contributed by atoms with E-state index in [1.807, 2.05) is 6.20 Å². The summed E-state index contributed by atoms with van der Waals surface area (Å²) >= 11 is 0. The molecule has 0 N–H and O–H groups in total. The van der Waals surface area contributed by atoms with Crippen molar-refractivity contribution in [3.05, 3.63) is 18.0 Å². The minimum absolute atomic E-state index is 0.192. The van der Waals surface area contributed by atoms with Gasteiger partial charge in [-0.3, -0.25) is 9.48 Å². The highest BCUT2D eigenvalue weighted by molar-refractivity contribution is 5.91. The van der Waals surface area contributed by atoms with Gasteiger partial charge in [0.15, 0.2) is 0 Å². The molecular formula is C21H27N3O. The lowest BCUT2D eigenvalue weighted by Gasteiger charge is -3.06. The number of hydrogen-bond donors (Lipinski definition) is 0. The zero-order chi connectivity index (χ0) is 16.7. The number of amides is 1. The lowest BCUT2D eigenvalue weighted by molar-refractivity contribution is -0.597. The number of aromatic nitrogens is 2. The van der Waals surface area contributed by atoms with Gasteiger partial charge in [0.25, 0.3) is 0 Å². The molecule has 2 heterocycles. The van der Waals surface area contributed by atoms with Gasteiger partial charge >= 0.3 is 0 Å². The van der Waals surface area contributed by atoms with Crippen molar-refractivity contribution in [2.24, 2.45) is 52.8 Å². The van der Waals surface area contributed by atoms with Crippen LogP contribution in [0.2, 0.25) is 0 Å². The van der Waals surface area contributed by atoms with Crippen LogP contribution in [0.25, 0.3) is 0 Å². The molecule has 1 aromatic rings. The van der Waals surface area contributed by atoms with E-state index in [1.165, 1.54) is 5.56 Å². The number of rotatable bonds is 4. The first-order valence-corrected chi connectivity index (χ1v) is 10.5. The number of carbonyl (C=O) groups is 1. The highest BCUT2D eigenvalue weighted by atomic mass is 16.2. The summed E-state index contributed by atoms with van der Waals surface area (Å²) in [5.41, 5.74) is 1.54. The normalized spacial score (nSPS) is 50.4. The first kappa shape index (κ1) is 13.8. The van der Waals surface area contributed by atoms with E-state index in [1.54, 1.807) is 0 Å². The molecule has 4 heteroatoms. The highest BCUT2D eigenvalue weighted by Crippen LogP contribution is 3.06.